The first kappa shape index (κ1) is 18.4. The van der Waals surface area contributed by atoms with Crippen molar-refractivity contribution in [1.82, 2.24) is 15.2 Å². The van der Waals surface area contributed by atoms with Crippen LogP contribution in [-0.4, -0.2) is 35.2 Å². The number of hydrogen-bond donors (Lipinski definition) is 1. The van der Waals surface area contributed by atoms with Crippen LogP contribution in [0.4, 0.5) is 5.69 Å². The van der Waals surface area contributed by atoms with E-state index >= 15 is 0 Å². The van der Waals surface area contributed by atoms with Crippen molar-refractivity contribution in [2.45, 2.75) is 18.3 Å². The van der Waals surface area contributed by atoms with Crippen LogP contribution >= 0.6 is 11.8 Å². The number of nitrogens with one attached hydrogen (secondary N) is 1. The Morgan fingerprint density at radius 2 is 1.96 bits per heavy atom. The van der Waals surface area contributed by atoms with Crippen LogP contribution in [0.1, 0.15) is 18.7 Å². The van der Waals surface area contributed by atoms with Crippen molar-refractivity contribution in [1.29, 1.82) is 0 Å². The van der Waals surface area contributed by atoms with Gasteiger partial charge in [-0.25, -0.2) is 0 Å². The van der Waals surface area contributed by atoms with E-state index in [0.717, 1.165) is 22.6 Å². The van der Waals surface area contributed by atoms with Gasteiger partial charge in [-0.1, -0.05) is 36.9 Å². The highest BCUT2D eigenvalue weighted by Crippen LogP contribution is 2.41. The van der Waals surface area contributed by atoms with Gasteiger partial charge in [0.25, 0.3) is 0 Å². The summed E-state index contributed by atoms with van der Waals surface area (Å²) >= 11 is 1.52. The third-order valence-electron chi connectivity index (χ3n) is 4.33. The summed E-state index contributed by atoms with van der Waals surface area (Å²) < 4.78 is 17.2. The fraction of sp³-hybridized carbons (Fsp3) is 0.250. The van der Waals surface area contributed by atoms with Gasteiger partial charge in [0.15, 0.2) is 5.69 Å². The van der Waals surface area contributed by atoms with Gasteiger partial charge in [-0.2, -0.15) is 4.98 Å². The fourth-order valence-electron chi connectivity index (χ4n) is 3.02. The zero-order valence-corrected chi connectivity index (χ0v) is 16.6. The maximum atomic E-state index is 6.28. The van der Waals surface area contributed by atoms with Gasteiger partial charge in [0, 0.05) is 11.3 Å². The molecule has 0 aliphatic carbocycles. The van der Waals surface area contributed by atoms with Crippen LogP contribution in [0.2, 0.25) is 0 Å². The van der Waals surface area contributed by atoms with Gasteiger partial charge in [-0.05, 0) is 30.0 Å². The van der Waals surface area contributed by atoms with Crippen molar-refractivity contribution in [2.24, 2.45) is 0 Å². The van der Waals surface area contributed by atoms with Gasteiger partial charge >= 0.3 is 0 Å². The summed E-state index contributed by atoms with van der Waals surface area (Å²) in [5.41, 5.74) is 3.17. The van der Waals surface area contributed by atoms with Crippen LogP contribution in [0.3, 0.4) is 0 Å². The number of fused-ring (bicyclic) bond motifs is 3. The molecule has 1 aliphatic heterocycles. The lowest BCUT2D eigenvalue weighted by Gasteiger charge is -2.21. The maximum absolute atomic E-state index is 6.28. The van der Waals surface area contributed by atoms with Crippen molar-refractivity contribution < 1.29 is 14.2 Å². The molecule has 8 heteroatoms. The first-order valence-corrected chi connectivity index (χ1v) is 9.84. The van der Waals surface area contributed by atoms with Gasteiger partial charge in [0.2, 0.25) is 17.3 Å². The molecule has 0 saturated carbocycles. The molecule has 1 unspecified atom stereocenters. The number of ether oxygens (including phenoxy) is 3. The number of methoxy groups -OCH3 is 2. The monoisotopic (exact) mass is 396 g/mol. The highest BCUT2D eigenvalue weighted by Gasteiger charge is 2.28. The normalized spacial score (nSPS) is 14.8. The van der Waals surface area contributed by atoms with Gasteiger partial charge in [0.05, 0.1) is 19.8 Å². The Morgan fingerprint density at radius 1 is 1.11 bits per heavy atom. The number of nitrogens with zero attached hydrogens (tertiary/aromatic N) is 3. The zero-order valence-electron chi connectivity index (χ0n) is 15.8. The van der Waals surface area contributed by atoms with Crippen molar-refractivity contribution in [3.8, 4) is 28.6 Å². The number of para-hydroxylation sites is 1. The predicted octanol–water partition coefficient (Wildman–Crippen LogP) is 4.17. The quantitative estimate of drug-likeness (QED) is 0.644. The molecule has 3 aromatic rings. The standard InChI is InChI=1S/C20H20N4O3S/c1-4-28-20-22-19-17(23-24-20)13-7-5-6-8-15(13)21-18(27-19)14-11-12(25-2)9-10-16(14)26-3/h5-11,18,21H,4H2,1-3H3. The van der Waals surface area contributed by atoms with Crippen molar-refractivity contribution in [2.75, 3.05) is 25.3 Å². The molecule has 0 spiro atoms. The molecule has 28 heavy (non-hydrogen) atoms. The van der Waals surface area contributed by atoms with Crippen LogP contribution in [0.5, 0.6) is 17.4 Å². The highest BCUT2D eigenvalue weighted by molar-refractivity contribution is 7.99. The molecule has 4 rings (SSSR count). The molecule has 1 N–H and O–H groups in total. The average Bonchev–Trinajstić information content (AvgIpc) is 2.90. The number of rotatable bonds is 5. The van der Waals surface area contributed by atoms with Crippen LogP contribution < -0.4 is 19.5 Å². The van der Waals surface area contributed by atoms with Gasteiger partial charge in [0.1, 0.15) is 11.5 Å². The first-order valence-electron chi connectivity index (χ1n) is 8.85. The Kier molecular flexibility index (Phi) is 5.21. The predicted molar refractivity (Wildman–Crippen MR) is 108 cm³/mol. The topological polar surface area (TPSA) is 78.4 Å². The lowest BCUT2D eigenvalue weighted by molar-refractivity contribution is 0.219. The van der Waals surface area contributed by atoms with E-state index in [1.165, 1.54) is 11.8 Å². The Labute approximate surface area is 167 Å². The van der Waals surface area contributed by atoms with E-state index in [4.69, 9.17) is 14.2 Å². The van der Waals surface area contributed by atoms with Gasteiger partial charge < -0.3 is 19.5 Å². The lowest BCUT2D eigenvalue weighted by atomic mass is 10.1. The Bertz CT molecular complexity index is 999. The molecule has 2 aromatic carbocycles. The number of hydrogen-bond acceptors (Lipinski definition) is 8. The summed E-state index contributed by atoms with van der Waals surface area (Å²) in [7, 11) is 3.26. The van der Waals surface area contributed by atoms with E-state index in [1.807, 2.05) is 49.4 Å². The van der Waals surface area contributed by atoms with Crippen molar-refractivity contribution in [3.63, 3.8) is 0 Å². The second-order valence-electron chi connectivity index (χ2n) is 5.98. The summed E-state index contributed by atoms with van der Waals surface area (Å²) in [6.07, 6.45) is -0.538. The zero-order chi connectivity index (χ0) is 19.5. The van der Waals surface area contributed by atoms with E-state index in [0.29, 0.717) is 28.2 Å². The van der Waals surface area contributed by atoms with Crippen molar-refractivity contribution in [3.05, 3.63) is 48.0 Å². The molecule has 0 radical (unpaired) electrons. The van der Waals surface area contributed by atoms with Gasteiger partial charge in [-0.15, -0.1) is 10.2 Å². The van der Waals surface area contributed by atoms with Gasteiger partial charge in [-0.3, -0.25) is 0 Å². The molecular formula is C20H20N4O3S. The van der Waals surface area contributed by atoms with Crippen LogP contribution in [0, 0.1) is 0 Å². The summed E-state index contributed by atoms with van der Waals surface area (Å²) in [5, 5.41) is 12.6. The molecule has 144 valence electrons. The number of thioether (sulfide) groups is 1. The molecule has 7 nitrogen and oxygen atoms in total. The Balaban J connectivity index is 1.85. The third kappa shape index (κ3) is 3.43. The molecule has 0 bridgehead atoms. The molecule has 2 heterocycles. The second kappa shape index (κ2) is 7.93. The van der Waals surface area contributed by atoms with E-state index in [1.54, 1.807) is 14.2 Å². The lowest BCUT2D eigenvalue weighted by Crippen LogP contribution is -2.18. The molecule has 0 amide bonds. The molecule has 0 fully saturated rings. The van der Waals surface area contributed by atoms with Crippen LogP contribution in [0.15, 0.2) is 47.6 Å². The van der Waals surface area contributed by atoms with E-state index in [-0.39, 0.29) is 0 Å². The number of anilines is 1. The average molecular weight is 396 g/mol. The SMILES string of the molecule is CCSc1nnc2c(n1)OC(c1cc(OC)ccc1OC)Nc1ccccc1-2. The smallest absolute Gasteiger partial charge is 0.247 e. The summed E-state index contributed by atoms with van der Waals surface area (Å²) in [6.45, 7) is 2.04. The highest BCUT2D eigenvalue weighted by atomic mass is 32.2. The minimum atomic E-state index is -0.538. The summed E-state index contributed by atoms with van der Waals surface area (Å²) in [5.74, 6) is 2.67. The number of benzene rings is 2. The number of aromatic nitrogens is 3. The maximum Gasteiger partial charge on any atom is 0.247 e. The fourth-order valence-corrected chi connectivity index (χ4v) is 3.53. The Morgan fingerprint density at radius 3 is 2.75 bits per heavy atom. The van der Waals surface area contributed by atoms with E-state index in [2.05, 4.69) is 20.5 Å². The largest absolute Gasteiger partial charge is 0.497 e. The first-order chi connectivity index (χ1) is 13.7. The molecule has 0 saturated heterocycles. The minimum Gasteiger partial charge on any atom is -0.497 e. The molecule has 1 atom stereocenters. The second-order valence-corrected chi connectivity index (χ2v) is 7.21. The van der Waals surface area contributed by atoms with E-state index < -0.39 is 6.23 Å². The van der Waals surface area contributed by atoms with E-state index in [9.17, 15) is 0 Å². The van der Waals surface area contributed by atoms with Crippen LogP contribution in [0.25, 0.3) is 11.3 Å². The van der Waals surface area contributed by atoms with Crippen LogP contribution in [-0.2, 0) is 0 Å². The minimum absolute atomic E-state index is 0.429. The summed E-state index contributed by atoms with van der Waals surface area (Å²) in [6, 6.07) is 13.4. The molecule has 1 aromatic heterocycles. The molecular weight excluding hydrogens is 376 g/mol. The summed E-state index contributed by atoms with van der Waals surface area (Å²) in [4.78, 5) is 4.59. The van der Waals surface area contributed by atoms with Crippen molar-refractivity contribution >= 4 is 17.4 Å². The Hall–Kier alpha value is -3.00. The molecule has 1 aliphatic rings. The third-order valence-corrected chi connectivity index (χ3v) is 5.05.